The SMILES string of the molecule is CCC(C)N1CCN(C(=O)NCCc2ccccc2F)CC1. The molecular weight excluding hydrogens is 281 g/mol. The molecule has 5 heteroatoms. The molecule has 2 rings (SSSR count). The predicted molar refractivity (Wildman–Crippen MR) is 86.4 cm³/mol. The highest BCUT2D eigenvalue weighted by molar-refractivity contribution is 5.74. The number of hydrogen-bond donors (Lipinski definition) is 1. The highest BCUT2D eigenvalue weighted by Crippen LogP contribution is 2.09. The lowest BCUT2D eigenvalue weighted by molar-refractivity contribution is 0.112. The van der Waals surface area contributed by atoms with Gasteiger partial charge in [-0.25, -0.2) is 9.18 Å². The topological polar surface area (TPSA) is 35.6 Å². The Morgan fingerprint density at radius 1 is 1.27 bits per heavy atom. The van der Waals surface area contributed by atoms with E-state index in [2.05, 4.69) is 24.1 Å². The summed E-state index contributed by atoms with van der Waals surface area (Å²) in [5.74, 6) is -0.209. The van der Waals surface area contributed by atoms with Crippen LogP contribution in [0.5, 0.6) is 0 Å². The van der Waals surface area contributed by atoms with Gasteiger partial charge < -0.3 is 10.2 Å². The molecule has 1 aliphatic rings. The molecule has 0 radical (unpaired) electrons. The molecule has 4 nitrogen and oxygen atoms in total. The number of halogens is 1. The summed E-state index contributed by atoms with van der Waals surface area (Å²) in [6.07, 6.45) is 1.65. The van der Waals surface area contributed by atoms with Crippen molar-refractivity contribution in [1.29, 1.82) is 0 Å². The molecule has 1 saturated heterocycles. The first-order valence-corrected chi connectivity index (χ1v) is 8.12. The van der Waals surface area contributed by atoms with Crippen molar-refractivity contribution in [2.45, 2.75) is 32.7 Å². The van der Waals surface area contributed by atoms with Crippen LogP contribution in [0.4, 0.5) is 9.18 Å². The number of nitrogens with zero attached hydrogens (tertiary/aromatic N) is 2. The van der Waals surface area contributed by atoms with Crippen molar-refractivity contribution < 1.29 is 9.18 Å². The van der Waals surface area contributed by atoms with Crippen LogP contribution >= 0.6 is 0 Å². The lowest BCUT2D eigenvalue weighted by atomic mass is 10.1. The Kier molecular flexibility index (Phi) is 6.19. The Hall–Kier alpha value is -1.62. The monoisotopic (exact) mass is 307 g/mol. The third kappa shape index (κ3) is 4.44. The van der Waals surface area contributed by atoms with E-state index in [0.29, 0.717) is 24.6 Å². The molecule has 1 N–H and O–H groups in total. The van der Waals surface area contributed by atoms with Crippen molar-refractivity contribution >= 4 is 6.03 Å². The molecule has 1 fully saturated rings. The quantitative estimate of drug-likeness (QED) is 0.907. The number of carbonyl (C=O) groups is 1. The summed E-state index contributed by atoms with van der Waals surface area (Å²) in [5, 5.41) is 2.89. The molecular formula is C17H26FN3O. The molecule has 1 aliphatic heterocycles. The standard InChI is InChI=1S/C17H26FN3O/c1-3-14(2)20-10-12-21(13-11-20)17(22)19-9-8-15-6-4-5-7-16(15)18/h4-7,14H,3,8-13H2,1-2H3,(H,19,22). The number of amides is 2. The zero-order valence-electron chi connectivity index (χ0n) is 13.5. The highest BCUT2D eigenvalue weighted by Gasteiger charge is 2.22. The average Bonchev–Trinajstić information content (AvgIpc) is 2.56. The predicted octanol–water partition coefficient (Wildman–Crippen LogP) is 2.49. The summed E-state index contributed by atoms with van der Waals surface area (Å²) in [6.45, 7) is 8.25. The largest absolute Gasteiger partial charge is 0.338 e. The van der Waals surface area contributed by atoms with E-state index in [1.54, 1.807) is 12.1 Å². The molecule has 1 unspecified atom stereocenters. The van der Waals surface area contributed by atoms with Crippen molar-refractivity contribution in [3.63, 3.8) is 0 Å². The molecule has 0 bridgehead atoms. The Labute approximate surface area is 132 Å². The van der Waals surface area contributed by atoms with Crippen LogP contribution in [0.1, 0.15) is 25.8 Å². The second-order valence-electron chi connectivity index (χ2n) is 5.85. The van der Waals surface area contributed by atoms with Crippen LogP contribution in [-0.4, -0.2) is 54.6 Å². The Morgan fingerprint density at radius 2 is 1.95 bits per heavy atom. The van der Waals surface area contributed by atoms with Gasteiger partial charge in [0.05, 0.1) is 0 Å². The number of hydrogen-bond acceptors (Lipinski definition) is 2. The van der Waals surface area contributed by atoms with Crippen molar-refractivity contribution in [2.75, 3.05) is 32.7 Å². The smallest absolute Gasteiger partial charge is 0.317 e. The van der Waals surface area contributed by atoms with E-state index in [9.17, 15) is 9.18 Å². The molecule has 0 saturated carbocycles. The first-order valence-electron chi connectivity index (χ1n) is 8.12. The van der Waals surface area contributed by atoms with Crippen molar-refractivity contribution in [1.82, 2.24) is 15.1 Å². The van der Waals surface area contributed by atoms with Gasteiger partial charge in [0.1, 0.15) is 5.82 Å². The fourth-order valence-corrected chi connectivity index (χ4v) is 2.74. The van der Waals surface area contributed by atoms with E-state index in [0.717, 1.165) is 32.6 Å². The second-order valence-corrected chi connectivity index (χ2v) is 5.85. The van der Waals surface area contributed by atoms with E-state index in [4.69, 9.17) is 0 Å². The van der Waals surface area contributed by atoms with Crippen LogP contribution in [0.25, 0.3) is 0 Å². The molecule has 122 valence electrons. The average molecular weight is 307 g/mol. The molecule has 1 atom stereocenters. The number of urea groups is 1. The first-order chi connectivity index (χ1) is 10.6. The maximum atomic E-state index is 13.5. The number of nitrogens with one attached hydrogen (secondary N) is 1. The van der Waals surface area contributed by atoms with Gasteiger partial charge in [0.15, 0.2) is 0 Å². The van der Waals surface area contributed by atoms with Crippen LogP contribution in [-0.2, 0) is 6.42 Å². The van der Waals surface area contributed by atoms with Crippen LogP contribution in [0.15, 0.2) is 24.3 Å². The minimum atomic E-state index is -0.209. The second kappa shape index (κ2) is 8.13. The van der Waals surface area contributed by atoms with Crippen LogP contribution < -0.4 is 5.32 Å². The number of piperazine rings is 1. The van der Waals surface area contributed by atoms with Crippen LogP contribution in [0.2, 0.25) is 0 Å². The maximum absolute atomic E-state index is 13.5. The van der Waals surface area contributed by atoms with Crippen molar-refractivity contribution in [3.05, 3.63) is 35.6 Å². The van der Waals surface area contributed by atoms with Gasteiger partial charge in [-0.15, -0.1) is 0 Å². The van der Waals surface area contributed by atoms with Crippen LogP contribution in [0.3, 0.4) is 0 Å². The van der Waals surface area contributed by atoms with Gasteiger partial charge in [0.2, 0.25) is 0 Å². The van der Waals surface area contributed by atoms with E-state index in [1.165, 1.54) is 6.07 Å². The zero-order valence-corrected chi connectivity index (χ0v) is 13.5. The molecule has 22 heavy (non-hydrogen) atoms. The normalized spacial score (nSPS) is 17.3. The summed E-state index contributed by atoms with van der Waals surface area (Å²) in [5.41, 5.74) is 0.643. The fraction of sp³-hybridized carbons (Fsp3) is 0.588. The Balaban J connectivity index is 1.71. The Morgan fingerprint density at radius 3 is 2.59 bits per heavy atom. The summed E-state index contributed by atoms with van der Waals surface area (Å²) in [7, 11) is 0. The van der Waals surface area contributed by atoms with Gasteiger partial charge in [0.25, 0.3) is 0 Å². The zero-order chi connectivity index (χ0) is 15.9. The summed E-state index contributed by atoms with van der Waals surface area (Å²) in [6, 6.07) is 7.23. The lowest BCUT2D eigenvalue weighted by Gasteiger charge is -2.37. The molecule has 2 amide bonds. The molecule has 0 aromatic heterocycles. The molecule has 1 aromatic rings. The fourth-order valence-electron chi connectivity index (χ4n) is 2.74. The molecule has 0 aliphatic carbocycles. The van der Waals surface area contributed by atoms with Gasteiger partial charge in [-0.1, -0.05) is 25.1 Å². The first kappa shape index (κ1) is 16.7. The summed E-state index contributed by atoms with van der Waals surface area (Å²) < 4.78 is 13.5. The van der Waals surface area contributed by atoms with Crippen LogP contribution in [0, 0.1) is 5.82 Å². The lowest BCUT2D eigenvalue weighted by Crippen LogP contribution is -2.53. The number of carbonyl (C=O) groups excluding carboxylic acids is 1. The molecule has 0 spiro atoms. The van der Waals surface area contributed by atoms with Gasteiger partial charge >= 0.3 is 6.03 Å². The molecule has 1 heterocycles. The summed E-state index contributed by atoms with van der Waals surface area (Å²) in [4.78, 5) is 16.4. The van der Waals surface area contributed by atoms with Gasteiger partial charge in [0, 0.05) is 38.8 Å². The minimum absolute atomic E-state index is 0.0415. The van der Waals surface area contributed by atoms with Gasteiger partial charge in [-0.05, 0) is 31.4 Å². The summed E-state index contributed by atoms with van der Waals surface area (Å²) >= 11 is 0. The van der Waals surface area contributed by atoms with E-state index < -0.39 is 0 Å². The number of rotatable bonds is 5. The van der Waals surface area contributed by atoms with Crippen molar-refractivity contribution in [2.24, 2.45) is 0 Å². The van der Waals surface area contributed by atoms with E-state index in [-0.39, 0.29) is 11.8 Å². The van der Waals surface area contributed by atoms with E-state index in [1.807, 2.05) is 11.0 Å². The third-order valence-electron chi connectivity index (χ3n) is 4.44. The van der Waals surface area contributed by atoms with Gasteiger partial charge in [-0.2, -0.15) is 0 Å². The molecule has 1 aromatic carbocycles. The van der Waals surface area contributed by atoms with Gasteiger partial charge in [-0.3, -0.25) is 4.90 Å². The Bertz CT molecular complexity index is 487. The van der Waals surface area contributed by atoms with Crippen molar-refractivity contribution in [3.8, 4) is 0 Å². The minimum Gasteiger partial charge on any atom is -0.338 e. The third-order valence-corrected chi connectivity index (χ3v) is 4.44. The highest BCUT2D eigenvalue weighted by atomic mass is 19.1. The number of benzene rings is 1. The van der Waals surface area contributed by atoms with E-state index >= 15 is 0 Å². The maximum Gasteiger partial charge on any atom is 0.317 e.